The van der Waals surface area contributed by atoms with Crippen molar-refractivity contribution in [3.63, 3.8) is 0 Å². The number of aromatic amines is 1. The number of benzene rings is 4. The maximum Gasteiger partial charge on any atom is 0.416 e. The van der Waals surface area contributed by atoms with Crippen molar-refractivity contribution < 1.29 is 40.6 Å². The zero-order chi connectivity index (χ0) is 39.5. The van der Waals surface area contributed by atoms with Gasteiger partial charge in [-0.15, -0.1) is 0 Å². The summed E-state index contributed by atoms with van der Waals surface area (Å²) in [5, 5.41) is 5.72. The van der Waals surface area contributed by atoms with E-state index in [0.717, 1.165) is 30.5 Å². The van der Waals surface area contributed by atoms with Crippen molar-refractivity contribution >= 4 is 28.3 Å². The quantitative estimate of drug-likeness (QED) is 0.140. The predicted octanol–water partition coefficient (Wildman–Crippen LogP) is 8.51. The second kappa shape index (κ2) is 15.2. The van der Waals surface area contributed by atoms with Crippen molar-refractivity contribution in [2.75, 3.05) is 17.2 Å². The van der Waals surface area contributed by atoms with Gasteiger partial charge in [-0.1, -0.05) is 36.4 Å². The van der Waals surface area contributed by atoms with Crippen LogP contribution in [0.2, 0.25) is 0 Å². The molecule has 0 saturated heterocycles. The van der Waals surface area contributed by atoms with Crippen LogP contribution in [0.25, 0.3) is 33.5 Å². The van der Waals surface area contributed by atoms with E-state index in [0.29, 0.717) is 56.4 Å². The molecule has 0 fully saturated rings. The Bertz CT molecular complexity index is 2600. The highest BCUT2D eigenvalue weighted by atomic mass is 19.4. The van der Waals surface area contributed by atoms with Crippen LogP contribution >= 0.6 is 0 Å². The number of H-pyrrole nitrogens is 1. The first-order chi connectivity index (χ1) is 26.8. The van der Waals surface area contributed by atoms with Gasteiger partial charge in [0.1, 0.15) is 23.9 Å². The number of hydrogen-bond acceptors (Lipinski definition) is 10. The molecule has 8 rings (SSSR count). The summed E-state index contributed by atoms with van der Waals surface area (Å²) in [6.07, 6.45) is -5.13. The maximum atomic E-state index is 12.7. The van der Waals surface area contributed by atoms with E-state index < -0.39 is 23.5 Å². The van der Waals surface area contributed by atoms with Gasteiger partial charge < -0.3 is 25.1 Å². The van der Waals surface area contributed by atoms with Crippen molar-refractivity contribution in [3.8, 4) is 45.8 Å². The van der Waals surface area contributed by atoms with Crippen LogP contribution < -0.4 is 25.7 Å². The smallest absolute Gasteiger partial charge is 0.416 e. The number of para-hydroxylation sites is 2. The molecule has 7 aromatic rings. The molecule has 18 heteroatoms. The maximum absolute atomic E-state index is 12.7. The number of nitrogens with one attached hydrogen (secondary N) is 3. The van der Waals surface area contributed by atoms with E-state index in [2.05, 4.69) is 40.5 Å². The SMILES string of the molecule is O=C1CNc2c(cccc2Oc2cc(-c3ccc(C(F)(F)F)cc3)ncn2)N1.O=c1cnc2c(Oc3cc(-c4ccc(C(F)(F)F)cc4)ncn3)cccc2[nH]1. The molecule has 3 N–H and O–H groups in total. The Balaban J connectivity index is 0.000000172. The van der Waals surface area contributed by atoms with Gasteiger partial charge in [-0.25, -0.2) is 24.9 Å². The minimum Gasteiger partial charge on any atom is -0.437 e. The summed E-state index contributed by atoms with van der Waals surface area (Å²) in [6, 6.07) is 22.6. The third-order valence-electron chi connectivity index (χ3n) is 8.02. The van der Waals surface area contributed by atoms with E-state index in [4.69, 9.17) is 9.47 Å². The van der Waals surface area contributed by atoms with E-state index in [-0.39, 0.29) is 29.8 Å². The molecule has 12 nitrogen and oxygen atoms in total. The summed E-state index contributed by atoms with van der Waals surface area (Å²) < 4.78 is 87.8. The van der Waals surface area contributed by atoms with Crippen molar-refractivity contribution in [1.82, 2.24) is 29.9 Å². The molecule has 4 heterocycles. The van der Waals surface area contributed by atoms with Crippen molar-refractivity contribution in [2.24, 2.45) is 0 Å². The van der Waals surface area contributed by atoms with Crippen molar-refractivity contribution in [3.05, 3.63) is 137 Å². The zero-order valence-corrected chi connectivity index (χ0v) is 28.3. The van der Waals surface area contributed by atoms with Crippen LogP contribution in [0.3, 0.4) is 0 Å². The lowest BCUT2D eigenvalue weighted by atomic mass is 10.1. The molecule has 1 amide bonds. The molecule has 3 aromatic heterocycles. The van der Waals surface area contributed by atoms with Crippen LogP contribution in [0.4, 0.5) is 37.7 Å². The van der Waals surface area contributed by atoms with E-state index >= 15 is 0 Å². The lowest BCUT2D eigenvalue weighted by Crippen LogP contribution is -2.27. The number of alkyl halides is 6. The summed E-state index contributed by atoms with van der Waals surface area (Å²) >= 11 is 0. The molecule has 0 saturated carbocycles. The number of nitrogens with zero attached hydrogens (tertiary/aromatic N) is 5. The minimum absolute atomic E-state index is 0.119. The molecule has 282 valence electrons. The van der Waals surface area contributed by atoms with Crippen molar-refractivity contribution in [1.29, 1.82) is 0 Å². The van der Waals surface area contributed by atoms with Gasteiger partial charge in [0, 0.05) is 23.3 Å². The first kappa shape index (κ1) is 37.0. The Morgan fingerprint density at radius 2 is 1.14 bits per heavy atom. The molecule has 0 spiro atoms. The van der Waals surface area contributed by atoms with Crippen LogP contribution in [0.1, 0.15) is 11.1 Å². The Kier molecular flexibility index (Phi) is 10.0. The summed E-state index contributed by atoms with van der Waals surface area (Å²) in [5.74, 6) is 1.07. The van der Waals surface area contributed by atoms with Crippen LogP contribution in [-0.4, -0.2) is 42.4 Å². The minimum atomic E-state index is -4.40. The fourth-order valence-corrected chi connectivity index (χ4v) is 5.38. The first-order valence-electron chi connectivity index (χ1n) is 16.3. The molecule has 0 radical (unpaired) electrons. The predicted molar refractivity (Wildman–Crippen MR) is 191 cm³/mol. The lowest BCUT2D eigenvalue weighted by molar-refractivity contribution is -0.138. The number of ether oxygens (including phenoxy) is 2. The number of hydrogen-bond donors (Lipinski definition) is 3. The van der Waals surface area contributed by atoms with Gasteiger partial charge in [-0.2, -0.15) is 26.3 Å². The number of amides is 1. The third-order valence-corrected chi connectivity index (χ3v) is 8.02. The topological polar surface area (TPSA) is 157 Å². The summed E-state index contributed by atoms with van der Waals surface area (Å²) in [4.78, 5) is 45.8. The Morgan fingerprint density at radius 1 is 0.607 bits per heavy atom. The molecular weight excluding hydrogens is 746 g/mol. The summed E-state index contributed by atoms with van der Waals surface area (Å²) in [6.45, 7) is 0.119. The van der Waals surface area contributed by atoms with Crippen LogP contribution in [0.5, 0.6) is 23.3 Å². The van der Waals surface area contributed by atoms with Gasteiger partial charge in [0.05, 0.1) is 46.5 Å². The van der Waals surface area contributed by atoms with Gasteiger partial charge in [-0.05, 0) is 48.5 Å². The zero-order valence-electron chi connectivity index (χ0n) is 28.3. The number of carbonyl (C=O) groups excluding carboxylic acids is 1. The molecule has 4 aromatic carbocycles. The third kappa shape index (κ3) is 8.54. The second-order valence-electron chi connectivity index (χ2n) is 11.8. The lowest BCUT2D eigenvalue weighted by Gasteiger charge is -2.21. The van der Waals surface area contributed by atoms with E-state index in [1.807, 2.05) is 0 Å². The van der Waals surface area contributed by atoms with E-state index in [9.17, 15) is 35.9 Å². The number of aromatic nitrogens is 6. The number of fused-ring (bicyclic) bond motifs is 2. The Labute approximate surface area is 311 Å². The van der Waals surface area contributed by atoms with Gasteiger partial charge in [0.25, 0.3) is 5.56 Å². The molecule has 0 bridgehead atoms. The summed E-state index contributed by atoms with van der Waals surface area (Å²) in [5.41, 5.74) is 2.16. The fraction of sp³-hybridized carbons (Fsp3) is 0.0789. The van der Waals surface area contributed by atoms with Gasteiger partial charge in [-0.3, -0.25) is 9.59 Å². The molecule has 1 aliphatic heterocycles. The summed E-state index contributed by atoms with van der Waals surface area (Å²) in [7, 11) is 0. The first-order valence-corrected chi connectivity index (χ1v) is 16.3. The van der Waals surface area contributed by atoms with Crippen LogP contribution in [-0.2, 0) is 17.1 Å². The average Bonchev–Trinajstić information content (AvgIpc) is 3.18. The number of anilines is 2. The Hall–Kier alpha value is -7.37. The second-order valence-corrected chi connectivity index (χ2v) is 11.8. The monoisotopic (exact) mass is 770 g/mol. The van der Waals surface area contributed by atoms with Gasteiger partial charge in [0.15, 0.2) is 11.5 Å². The van der Waals surface area contributed by atoms with Crippen LogP contribution in [0, 0.1) is 0 Å². The number of carbonyl (C=O) groups is 1. The molecular formula is C38H24F6N8O4. The fourth-order valence-electron chi connectivity index (χ4n) is 5.38. The van der Waals surface area contributed by atoms with Crippen molar-refractivity contribution in [2.45, 2.75) is 12.4 Å². The van der Waals surface area contributed by atoms with Crippen LogP contribution in [0.15, 0.2) is 121 Å². The highest BCUT2D eigenvalue weighted by molar-refractivity contribution is 6.01. The molecule has 0 aliphatic carbocycles. The molecule has 0 atom stereocenters. The Morgan fingerprint density at radius 3 is 1.71 bits per heavy atom. The van der Waals surface area contributed by atoms with Gasteiger partial charge in [0.2, 0.25) is 17.7 Å². The molecule has 1 aliphatic rings. The highest BCUT2D eigenvalue weighted by Gasteiger charge is 2.31. The average molecular weight is 771 g/mol. The number of rotatable bonds is 6. The largest absolute Gasteiger partial charge is 0.437 e. The normalized spacial score (nSPS) is 12.4. The standard InChI is InChI=1S/C19H13F3N4O2.C19H11F3N4O2/c2*20-19(21,22)12-6-4-11(5-7-12)14-8-17(25-10-24-14)28-15-3-1-2-13-18(15)23-9-16(27)26-13/h1-8,10,23H,9H2,(H,26,27);1-10H,(H,26,27). The van der Waals surface area contributed by atoms with E-state index in [1.165, 1.54) is 49.1 Å². The van der Waals surface area contributed by atoms with E-state index in [1.54, 1.807) is 36.4 Å². The molecule has 0 unspecified atom stereocenters. The molecule has 56 heavy (non-hydrogen) atoms. The number of halogens is 6. The van der Waals surface area contributed by atoms with Gasteiger partial charge >= 0.3 is 12.4 Å². The highest BCUT2D eigenvalue weighted by Crippen LogP contribution is 2.38.